The molecule has 1 aromatic rings. The lowest BCUT2D eigenvalue weighted by Gasteiger charge is -2.31. The Balaban J connectivity index is 2.06. The Morgan fingerprint density at radius 2 is 2.44 bits per heavy atom. The number of rotatable bonds is 3. The highest BCUT2D eigenvalue weighted by Crippen LogP contribution is 2.13. The summed E-state index contributed by atoms with van der Waals surface area (Å²) in [6.45, 7) is 2.23. The van der Waals surface area contributed by atoms with Gasteiger partial charge in [0.2, 0.25) is 0 Å². The van der Waals surface area contributed by atoms with Gasteiger partial charge >= 0.3 is 5.97 Å². The van der Waals surface area contributed by atoms with E-state index in [-0.39, 0.29) is 5.97 Å². The van der Waals surface area contributed by atoms with Crippen molar-refractivity contribution in [3.63, 3.8) is 0 Å². The quantitative estimate of drug-likeness (QED) is 0.798. The van der Waals surface area contributed by atoms with Gasteiger partial charge < -0.3 is 14.6 Å². The minimum absolute atomic E-state index is 0.330. The standard InChI is InChI=1S/C13H17NO4/c1-17-13(16)11-4-2-3-10(7-11)8-14-5-6-18-9-12(14)15/h2-4,7,12,15H,5-6,8-9H2,1H3. The summed E-state index contributed by atoms with van der Waals surface area (Å²) in [6, 6.07) is 7.24. The van der Waals surface area contributed by atoms with Crippen molar-refractivity contribution in [2.75, 3.05) is 26.9 Å². The molecule has 1 heterocycles. The van der Waals surface area contributed by atoms with Crippen LogP contribution in [0, 0.1) is 0 Å². The van der Waals surface area contributed by atoms with E-state index < -0.39 is 6.23 Å². The van der Waals surface area contributed by atoms with Crippen molar-refractivity contribution < 1.29 is 19.4 Å². The number of aliphatic hydroxyl groups is 1. The van der Waals surface area contributed by atoms with E-state index in [4.69, 9.17) is 4.74 Å². The van der Waals surface area contributed by atoms with Gasteiger partial charge in [-0.3, -0.25) is 4.90 Å². The number of ether oxygens (including phenoxy) is 2. The lowest BCUT2D eigenvalue weighted by Crippen LogP contribution is -2.44. The predicted molar refractivity (Wildman–Crippen MR) is 65.0 cm³/mol. The largest absolute Gasteiger partial charge is 0.465 e. The normalized spacial score (nSPS) is 20.7. The molecule has 1 aliphatic heterocycles. The Labute approximate surface area is 106 Å². The summed E-state index contributed by atoms with van der Waals surface area (Å²) in [7, 11) is 1.36. The van der Waals surface area contributed by atoms with Crippen molar-refractivity contribution in [2.24, 2.45) is 0 Å². The van der Waals surface area contributed by atoms with Crippen LogP contribution in [0.5, 0.6) is 0 Å². The van der Waals surface area contributed by atoms with Crippen LogP contribution in [0.15, 0.2) is 24.3 Å². The van der Waals surface area contributed by atoms with Crippen LogP contribution in [0.3, 0.4) is 0 Å². The molecule has 1 fully saturated rings. The molecule has 0 aliphatic carbocycles. The van der Waals surface area contributed by atoms with Crippen molar-refractivity contribution >= 4 is 5.97 Å². The summed E-state index contributed by atoms with van der Waals surface area (Å²) in [5.74, 6) is -0.348. The van der Waals surface area contributed by atoms with Gasteiger partial charge in [0, 0.05) is 13.1 Å². The molecule has 5 heteroatoms. The fourth-order valence-corrected chi connectivity index (χ4v) is 1.96. The number of benzene rings is 1. The molecule has 0 amide bonds. The van der Waals surface area contributed by atoms with Gasteiger partial charge in [-0.2, -0.15) is 0 Å². The van der Waals surface area contributed by atoms with Gasteiger partial charge in [0.05, 0.1) is 25.9 Å². The Morgan fingerprint density at radius 1 is 1.61 bits per heavy atom. The van der Waals surface area contributed by atoms with Crippen LogP contribution in [-0.2, 0) is 16.0 Å². The van der Waals surface area contributed by atoms with Gasteiger partial charge in [-0.05, 0) is 17.7 Å². The lowest BCUT2D eigenvalue weighted by molar-refractivity contribution is -0.109. The second kappa shape index (κ2) is 5.95. The van der Waals surface area contributed by atoms with Crippen LogP contribution in [0.25, 0.3) is 0 Å². The summed E-state index contributed by atoms with van der Waals surface area (Å²) in [4.78, 5) is 13.3. The third kappa shape index (κ3) is 3.07. The first-order valence-electron chi connectivity index (χ1n) is 5.88. The molecule has 0 aromatic heterocycles. The maximum Gasteiger partial charge on any atom is 0.337 e. The van der Waals surface area contributed by atoms with E-state index in [1.54, 1.807) is 12.1 Å². The fraction of sp³-hybridized carbons (Fsp3) is 0.462. The second-order valence-electron chi connectivity index (χ2n) is 4.22. The van der Waals surface area contributed by atoms with Crippen molar-refractivity contribution in [2.45, 2.75) is 12.8 Å². The zero-order chi connectivity index (χ0) is 13.0. The maximum atomic E-state index is 11.4. The van der Waals surface area contributed by atoms with Gasteiger partial charge in [0.25, 0.3) is 0 Å². The highest BCUT2D eigenvalue weighted by Gasteiger charge is 2.20. The molecule has 18 heavy (non-hydrogen) atoms. The fourth-order valence-electron chi connectivity index (χ4n) is 1.96. The highest BCUT2D eigenvalue weighted by molar-refractivity contribution is 5.89. The third-order valence-corrected chi connectivity index (χ3v) is 2.95. The average molecular weight is 251 g/mol. The van der Waals surface area contributed by atoms with E-state index in [2.05, 4.69) is 4.74 Å². The zero-order valence-corrected chi connectivity index (χ0v) is 10.3. The summed E-state index contributed by atoms with van der Waals surface area (Å²) >= 11 is 0. The summed E-state index contributed by atoms with van der Waals surface area (Å²) in [5, 5.41) is 9.76. The van der Waals surface area contributed by atoms with E-state index in [9.17, 15) is 9.90 Å². The minimum atomic E-state index is -0.583. The Morgan fingerprint density at radius 3 is 3.17 bits per heavy atom. The number of hydrogen-bond donors (Lipinski definition) is 1. The molecular weight excluding hydrogens is 234 g/mol. The number of carbonyl (C=O) groups excluding carboxylic acids is 1. The lowest BCUT2D eigenvalue weighted by atomic mass is 10.1. The van der Waals surface area contributed by atoms with E-state index in [0.29, 0.717) is 31.9 Å². The third-order valence-electron chi connectivity index (χ3n) is 2.95. The molecule has 1 atom stereocenters. The zero-order valence-electron chi connectivity index (χ0n) is 10.3. The van der Waals surface area contributed by atoms with Crippen LogP contribution in [0.1, 0.15) is 15.9 Å². The Kier molecular flexibility index (Phi) is 4.30. The summed E-state index contributed by atoms with van der Waals surface area (Å²) < 4.78 is 9.84. The monoisotopic (exact) mass is 251 g/mol. The number of carbonyl (C=O) groups is 1. The molecular formula is C13H17NO4. The molecule has 1 unspecified atom stereocenters. The summed E-state index contributed by atoms with van der Waals surface area (Å²) in [5.41, 5.74) is 1.50. The topological polar surface area (TPSA) is 59.0 Å². The number of morpholine rings is 1. The summed E-state index contributed by atoms with van der Waals surface area (Å²) in [6.07, 6.45) is -0.583. The molecule has 1 saturated heterocycles. The second-order valence-corrected chi connectivity index (χ2v) is 4.22. The van der Waals surface area contributed by atoms with Gasteiger partial charge in [0.15, 0.2) is 0 Å². The highest BCUT2D eigenvalue weighted by atomic mass is 16.5. The van der Waals surface area contributed by atoms with Crippen LogP contribution >= 0.6 is 0 Å². The number of aliphatic hydroxyl groups excluding tert-OH is 1. The molecule has 98 valence electrons. The Hall–Kier alpha value is -1.43. The molecule has 0 saturated carbocycles. The van der Waals surface area contributed by atoms with Crippen molar-refractivity contribution in [3.8, 4) is 0 Å². The number of hydrogen-bond acceptors (Lipinski definition) is 5. The average Bonchev–Trinajstić information content (AvgIpc) is 2.41. The first-order valence-corrected chi connectivity index (χ1v) is 5.88. The molecule has 1 aromatic carbocycles. The van der Waals surface area contributed by atoms with Crippen LogP contribution in [0.4, 0.5) is 0 Å². The predicted octanol–water partition coefficient (Wildman–Crippen LogP) is 0.624. The molecule has 0 spiro atoms. The number of esters is 1. The molecule has 0 radical (unpaired) electrons. The van der Waals surface area contributed by atoms with Gasteiger partial charge in [-0.15, -0.1) is 0 Å². The molecule has 0 bridgehead atoms. The van der Waals surface area contributed by atoms with E-state index in [1.165, 1.54) is 7.11 Å². The van der Waals surface area contributed by atoms with Gasteiger partial charge in [-0.1, -0.05) is 12.1 Å². The SMILES string of the molecule is COC(=O)c1cccc(CN2CCOCC2O)c1. The maximum absolute atomic E-state index is 11.4. The van der Waals surface area contributed by atoms with Crippen LogP contribution in [-0.4, -0.2) is 49.1 Å². The number of methoxy groups -OCH3 is 1. The van der Waals surface area contributed by atoms with E-state index in [0.717, 1.165) is 5.56 Å². The minimum Gasteiger partial charge on any atom is -0.465 e. The first-order chi connectivity index (χ1) is 8.70. The number of nitrogens with zero attached hydrogens (tertiary/aromatic N) is 1. The van der Waals surface area contributed by atoms with Gasteiger partial charge in [0.1, 0.15) is 6.23 Å². The van der Waals surface area contributed by atoms with Crippen molar-refractivity contribution in [1.29, 1.82) is 0 Å². The van der Waals surface area contributed by atoms with Crippen molar-refractivity contribution in [1.82, 2.24) is 4.90 Å². The van der Waals surface area contributed by atoms with E-state index in [1.807, 2.05) is 17.0 Å². The van der Waals surface area contributed by atoms with Crippen LogP contribution in [0.2, 0.25) is 0 Å². The van der Waals surface area contributed by atoms with Gasteiger partial charge in [-0.25, -0.2) is 4.79 Å². The first kappa shape index (κ1) is 13.0. The van der Waals surface area contributed by atoms with Crippen molar-refractivity contribution in [3.05, 3.63) is 35.4 Å². The van der Waals surface area contributed by atoms with Crippen LogP contribution < -0.4 is 0 Å². The van der Waals surface area contributed by atoms with E-state index >= 15 is 0 Å². The molecule has 1 aliphatic rings. The smallest absolute Gasteiger partial charge is 0.337 e. The molecule has 1 N–H and O–H groups in total. The molecule has 2 rings (SSSR count). The molecule has 5 nitrogen and oxygen atoms in total. The Bertz CT molecular complexity index is 421.